The second kappa shape index (κ2) is 6.64. The van der Waals surface area contributed by atoms with Gasteiger partial charge in [0.1, 0.15) is 6.33 Å². The smallest absolute Gasteiger partial charge is 0.353 e. The largest absolute Gasteiger partial charge is 0.364 e. The Hall–Kier alpha value is -2.71. The third kappa shape index (κ3) is 3.65. The van der Waals surface area contributed by atoms with Gasteiger partial charge < -0.3 is 14.8 Å². The van der Waals surface area contributed by atoms with Gasteiger partial charge in [0.15, 0.2) is 0 Å². The molecule has 112 valence electrons. The molecule has 2 aromatic rings. The number of hydrogen-bond acceptors (Lipinski definition) is 7. The number of imidazole rings is 1. The molecule has 0 atom stereocenters. The third-order valence-electron chi connectivity index (χ3n) is 2.85. The first-order valence-electron chi connectivity index (χ1n) is 6.46. The number of nitrogens with zero attached hydrogens (tertiary/aromatic N) is 6. The van der Waals surface area contributed by atoms with Crippen molar-refractivity contribution >= 4 is 17.3 Å². The minimum absolute atomic E-state index is 0.106. The van der Waals surface area contributed by atoms with E-state index in [0.717, 1.165) is 13.0 Å². The molecule has 21 heavy (non-hydrogen) atoms. The third-order valence-corrected chi connectivity index (χ3v) is 2.85. The Morgan fingerprint density at radius 1 is 1.43 bits per heavy atom. The fourth-order valence-electron chi connectivity index (χ4n) is 1.88. The van der Waals surface area contributed by atoms with E-state index in [1.165, 1.54) is 6.33 Å². The molecule has 1 N–H and O–H groups in total. The van der Waals surface area contributed by atoms with Crippen molar-refractivity contribution in [2.75, 3.05) is 30.9 Å². The highest BCUT2D eigenvalue weighted by molar-refractivity contribution is 5.69. The molecule has 0 aromatic carbocycles. The maximum absolute atomic E-state index is 11.2. The summed E-state index contributed by atoms with van der Waals surface area (Å²) in [6, 6.07) is 0. The topological polar surface area (TPSA) is 102 Å². The molecule has 9 heteroatoms. The Labute approximate surface area is 121 Å². The lowest BCUT2D eigenvalue weighted by Crippen LogP contribution is -2.16. The summed E-state index contributed by atoms with van der Waals surface area (Å²) < 4.78 is 1.95. The number of aryl methyl sites for hydroxylation is 1. The van der Waals surface area contributed by atoms with Gasteiger partial charge in [-0.15, -0.1) is 0 Å². The van der Waals surface area contributed by atoms with Crippen molar-refractivity contribution in [3.63, 3.8) is 0 Å². The maximum atomic E-state index is 11.2. The summed E-state index contributed by atoms with van der Waals surface area (Å²) >= 11 is 0. The van der Waals surface area contributed by atoms with Gasteiger partial charge in [0.25, 0.3) is 0 Å². The Morgan fingerprint density at radius 3 is 2.86 bits per heavy atom. The summed E-state index contributed by atoms with van der Waals surface area (Å²) in [5, 5.41) is 14.2. The summed E-state index contributed by atoms with van der Waals surface area (Å²) in [6.07, 6.45) is 7.44. The Balaban J connectivity index is 2.02. The highest BCUT2D eigenvalue weighted by Gasteiger charge is 2.23. The van der Waals surface area contributed by atoms with Crippen molar-refractivity contribution in [3.05, 3.63) is 35.2 Å². The van der Waals surface area contributed by atoms with Crippen LogP contribution < -0.4 is 10.2 Å². The van der Waals surface area contributed by atoms with Crippen LogP contribution in [0.3, 0.4) is 0 Å². The van der Waals surface area contributed by atoms with Crippen molar-refractivity contribution in [1.82, 2.24) is 19.5 Å². The van der Waals surface area contributed by atoms with Crippen LogP contribution in [0.25, 0.3) is 0 Å². The molecule has 0 bridgehead atoms. The van der Waals surface area contributed by atoms with Crippen LogP contribution in [0.1, 0.15) is 6.42 Å². The van der Waals surface area contributed by atoms with Crippen LogP contribution in [0.2, 0.25) is 0 Å². The molecule has 0 fully saturated rings. The van der Waals surface area contributed by atoms with Crippen LogP contribution in [0.5, 0.6) is 0 Å². The zero-order chi connectivity index (χ0) is 15.2. The molecule has 0 radical (unpaired) electrons. The van der Waals surface area contributed by atoms with Gasteiger partial charge in [-0.3, -0.25) is 10.1 Å². The van der Waals surface area contributed by atoms with E-state index in [0.29, 0.717) is 6.54 Å². The molecule has 0 unspecified atom stereocenters. The molecule has 0 saturated heterocycles. The fraction of sp³-hybridized carbons (Fsp3) is 0.417. The molecule has 2 heterocycles. The lowest BCUT2D eigenvalue weighted by molar-refractivity contribution is -0.383. The lowest BCUT2D eigenvalue weighted by Gasteiger charge is -2.13. The summed E-state index contributed by atoms with van der Waals surface area (Å²) in [5.41, 5.74) is -0.106. The zero-order valence-electron chi connectivity index (χ0n) is 11.9. The van der Waals surface area contributed by atoms with Crippen molar-refractivity contribution in [1.29, 1.82) is 0 Å². The minimum Gasteiger partial charge on any atom is -0.364 e. The summed E-state index contributed by atoms with van der Waals surface area (Å²) in [5.74, 6) is 0.524. The Morgan fingerprint density at radius 2 is 2.24 bits per heavy atom. The van der Waals surface area contributed by atoms with Gasteiger partial charge >= 0.3 is 5.69 Å². The second-order valence-electron chi connectivity index (χ2n) is 4.63. The predicted molar refractivity (Wildman–Crippen MR) is 78.3 cm³/mol. The summed E-state index contributed by atoms with van der Waals surface area (Å²) in [6.45, 7) is 1.36. The number of anilines is 2. The molecular weight excluding hydrogens is 274 g/mol. The first kappa shape index (κ1) is 14.7. The first-order chi connectivity index (χ1) is 10.1. The number of hydrogen-bond donors (Lipinski definition) is 1. The molecule has 0 aliphatic heterocycles. The monoisotopic (exact) mass is 291 g/mol. The Bertz CT molecular complexity index is 598. The predicted octanol–water partition coefficient (Wildman–Crippen LogP) is 1.15. The molecule has 0 aliphatic carbocycles. The number of nitro groups is 1. The molecule has 0 saturated carbocycles. The van der Waals surface area contributed by atoms with Gasteiger partial charge in [-0.05, 0) is 6.42 Å². The van der Waals surface area contributed by atoms with E-state index in [4.69, 9.17) is 0 Å². The minimum atomic E-state index is -0.465. The van der Waals surface area contributed by atoms with Crippen LogP contribution in [0, 0.1) is 10.1 Å². The second-order valence-corrected chi connectivity index (χ2v) is 4.63. The average Bonchev–Trinajstić information content (AvgIpc) is 2.96. The molecule has 2 rings (SSSR count). The molecule has 0 spiro atoms. The van der Waals surface area contributed by atoms with Gasteiger partial charge in [0.05, 0.1) is 11.3 Å². The van der Waals surface area contributed by atoms with Crippen LogP contribution in [0.4, 0.5) is 17.3 Å². The fourth-order valence-corrected chi connectivity index (χ4v) is 1.88. The Kier molecular flexibility index (Phi) is 4.64. The van der Waals surface area contributed by atoms with Crippen LogP contribution in [-0.2, 0) is 6.54 Å². The summed E-state index contributed by atoms with van der Waals surface area (Å²) in [7, 11) is 3.41. The van der Waals surface area contributed by atoms with Crippen molar-refractivity contribution in [2.45, 2.75) is 13.0 Å². The van der Waals surface area contributed by atoms with Crippen molar-refractivity contribution < 1.29 is 4.92 Å². The standard InChI is InChI=1S/C12H17N7O2/c1-17(2)12-10(19(20)21)11(15-8-16-12)14-4-3-6-18-7-5-13-9-18/h5,7-9H,3-4,6H2,1-2H3,(H,14,15,16). The van der Waals surface area contributed by atoms with E-state index in [-0.39, 0.29) is 17.3 Å². The van der Waals surface area contributed by atoms with Crippen LogP contribution in [0.15, 0.2) is 25.0 Å². The molecule has 0 aliphatic rings. The van der Waals surface area contributed by atoms with Gasteiger partial charge in [-0.25, -0.2) is 15.0 Å². The van der Waals surface area contributed by atoms with Gasteiger partial charge in [0.2, 0.25) is 11.6 Å². The van der Waals surface area contributed by atoms with E-state index < -0.39 is 4.92 Å². The normalized spacial score (nSPS) is 10.4. The van der Waals surface area contributed by atoms with Gasteiger partial charge in [-0.1, -0.05) is 0 Å². The highest BCUT2D eigenvalue weighted by Crippen LogP contribution is 2.30. The SMILES string of the molecule is CN(C)c1ncnc(NCCCn2ccnc2)c1[N+](=O)[O-]. The van der Waals surface area contributed by atoms with E-state index in [1.54, 1.807) is 31.5 Å². The van der Waals surface area contributed by atoms with E-state index in [1.807, 2.05) is 10.8 Å². The first-order valence-corrected chi connectivity index (χ1v) is 6.46. The molecular formula is C12H17N7O2. The van der Waals surface area contributed by atoms with E-state index in [2.05, 4.69) is 20.3 Å². The maximum Gasteiger partial charge on any atom is 0.353 e. The quantitative estimate of drug-likeness (QED) is 0.463. The number of aromatic nitrogens is 4. The zero-order valence-corrected chi connectivity index (χ0v) is 11.9. The van der Waals surface area contributed by atoms with Crippen molar-refractivity contribution in [3.8, 4) is 0 Å². The number of nitrogens with one attached hydrogen (secondary N) is 1. The van der Waals surface area contributed by atoms with E-state index >= 15 is 0 Å². The van der Waals surface area contributed by atoms with Gasteiger partial charge in [-0.2, -0.15) is 0 Å². The summed E-state index contributed by atoms with van der Waals surface area (Å²) in [4.78, 5) is 24.2. The highest BCUT2D eigenvalue weighted by atomic mass is 16.6. The van der Waals surface area contributed by atoms with Crippen LogP contribution in [-0.4, -0.2) is 45.1 Å². The van der Waals surface area contributed by atoms with Crippen molar-refractivity contribution in [2.24, 2.45) is 0 Å². The molecule has 0 amide bonds. The van der Waals surface area contributed by atoms with E-state index in [9.17, 15) is 10.1 Å². The average molecular weight is 291 g/mol. The molecule has 9 nitrogen and oxygen atoms in total. The molecule has 2 aromatic heterocycles. The van der Waals surface area contributed by atoms with Gasteiger partial charge in [0, 0.05) is 39.6 Å². The lowest BCUT2D eigenvalue weighted by atomic mass is 10.3. The van der Waals surface area contributed by atoms with Crippen LogP contribution >= 0.6 is 0 Å². The number of rotatable bonds is 7.